The van der Waals surface area contributed by atoms with Crippen molar-refractivity contribution in [3.63, 3.8) is 0 Å². The number of hydrogen-bond acceptors (Lipinski definition) is 5. The van der Waals surface area contributed by atoms with Crippen LogP contribution in [-0.2, 0) is 4.74 Å². The topological polar surface area (TPSA) is 67.3 Å². The number of anilines is 1. The van der Waals surface area contributed by atoms with Crippen LogP contribution in [0.25, 0.3) is 0 Å². The molecule has 22 heavy (non-hydrogen) atoms. The Labute approximate surface area is 131 Å². The minimum Gasteiger partial charge on any atom is -0.444 e. The van der Waals surface area contributed by atoms with E-state index in [9.17, 15) is 4.79 Å². The summed E-state index contributed by atoms with van der Waals surface area (Å²) in [7, 11) is 0. The van der Waals surface area contributed by atoms with E-state index in [0.717, 1.165) is 32.4 Å². The molecule has 0 atom stereocenters. The Kier molecular flexibility index (Phi) is 3.70. The predicted octanol–water partition coefficient (Wildman–Crippen LogP) is 2.68. The number of carbonyl (C=O) groups excluding carboxylic acids is 1. The fraction of sp³-hybridized carbons (Fsp3) is 0.688. The first-order chi connectivity index (χ1) is 10.4. The third-order valence-electron chi connectivity index (χ3n) is 4.35. The molecular weight excluding hydrogens is 280 g/mol. The Morgan fingerprint density at radius 1 is 1.36 bits per heavy atom. The highest BCUT2D eigenvalue weighted by atomic mass is 16.6. The normalized spacial score (nSPS) is 27.6. The van der Waals surface area contributed by atoms with Crippen LogP contribution in [-0.4, -0.2) is 45.7 Å². The van der Waals surface area contributed by atoms with E-state index in [1.165, 1.54) is 0 Å². The van der Waals surface area contributed by atoms with Crippen LogP contribution < -0.4 is 5.32 Å². The Hall–Kier alpha value is -1.85. The van der Waals surface area contributed by atoms with Crippen molar-refractivity contribution in [3.8, 4) is 0 Å². The molecule has 1 amide bonds. The molecule has 1 aliphatic heterocycles. The van der Waals surface area contributed by atoms with Gasteiger partial charge in [0.2, 0.25) is 5.95 Å². The van der Waals surface area contributed by atoms with E-state index in [1.807, 2.05) is 31.7 Å². The van der Waals surface area contributed by atoms with Gasteiger partial charge in [-0.15, -0.1) is 0 Å². The molecular formula is C16H24N4O2. The number of carbonyl (C=O) groups is 1. The summed E-state index contributed by atoms with van der Waals surface area (Å²) in [6.45, 7) is 7.30. The van der Waals surface area contributed by atoms with Crippen LogP contribution in [0.3, 0.4) is 0 Å². The minimum atomic E-state index is -0.429. The average Bonchev–Trinajstić information content (AvgIpc) is 2.83. The van der Waals surface area contributed by atoms with Crippen molar-refractivity contribution in [2.24, 2.45) is 5.41 Å². The molecule has 120 valence electrons. The zero-order valence-corrected chi connectivity index (χ0v) is 13.5. The molecule has 0 unspecified atom stereocenters. The second-order valence-corrected chi connectivity index (χ2v) is 7.47. The lowest BCUT2D eigenvalue weighted by atomic mass is 9.65. The van der Waals surface area contributed by atoms with Gasteiger partial charge in [0.15, 0.2) is 0 Å². The summed E-state index contributed by atoms with van der Waals surface area (Å²) in [6, 6.07) is 2.21. The van der Waals surface area contributed by atoms with Gasteiger partial charge in [-0.2, -0.15) is 0 Å². The van der Waals surface area contributed by atoms with Gasteiger partial charge >= 0.3 is 6.09 Å². The van der Waals surface area contributed by atoms with Gasteiger partial charge in [-0.3, -0.25) is 0 Å². The van der Waals surface area contributed by atoms with Gasteiger partial charge in [0, 0.05) is 31.5 Å². The molecule has 1 aromatic rings. The third-order valence-corrected chi connectivity index (χ3v) is 4.35. The highest BCUT2D eigenvalue weighted by Gasteiger charge is 2.50. The van der Waals surface area contributed by atoms with Gasteiger partial charge in [-0.25, -0.2) is 14.8 Å². The van der Waals surface area contributed by atoms with E-state index in [2.05, 4.69) is 15.3 Å². The molecule has 6 heteroatoms. The fourth-order valence-corrected chi connectivity index (χ4v) is 3.39. The quantitative estimate of drug-likeness (QED) is 0.910. The Morgan fingerprint density at radius 2 is 2.05 bits per heavy atom. The van der Waals surface area contributed by atoms with Crippen molar-refractivity contribution in [1.82, 2.24) is 14.9 Å². The van der Waals surface area contributed by atoms with Crippen LogP contribution in [0.2, 0.25) is 0 Å². The van der Waals surface area contributed by atoms with Gasteiger partial charge in [0.25, 0.3) is 0 Å². The van der Waals surface area contributed by atoms with Crippen molar-refractivity contribution in [3.05, 3.63) is 18.5 Å². The number of nitrogens with zero attached hydrogens (tertiary/aromatic N) is 3. The number of likely N-dealkylation sites (tertiary alicyclic amines) is 1. The van der Waals surface area contributed by atoms with Gasteiger partial charge < -0.3 is 15.0 Å². The van der Waals surface area contributed by atoms with Crippen molar-refractivity contribution in [1.29, 1.82) is 0 Å². The van der Waals surface area contributed by atoms with Crippen LogP contribution in [0.15, 0.2) is 18.5 Å². The van der Waals surface area contributed by atoms with E-state index >= 15 is 0 Å². The lowest BCUT2D eigenvalue weighted by molar-refractivity contribution is 0.0237. The molecule has 1 aliphatic carbocycles. The highest BCUT2D eigenvalue weighted by Crippen LogP contribution is 2.49. The smallest absolute Gasteiger partial charge is 0.410 e. The van der Waals surface area contributed by atoms with Crippen LogP contribution in [0.1, 0.15) is 40.0 Å². The van der Waals surface area contributed by atoms with Crippen molar-refractivity contribution < 1.29 is 9.53 Å². The zero-order chi connectivity index (χ0) is 15.8. The SMILES string of the molecule is CC(C)(C)OC(=O)N1CCC2(CC(Nc3ncccn3)C2)C1. The lowest BCUT2D eigenvalue weighted by Gasteiger charge is -2.45. The molecule has 2 fully saturated rings. The van der Waals surface area contributed by atoms with E-state index in [4.69, 9.17) is 4.74 Å². The molecule has 3 rings (SSSR count). The molecule has 1 saturated carbocycles. The van der Waals surface area contributed by atoms with E-state index < -0.39 is 5.60 Å². The summed E-state index contributed by atoms with van der Waals surface area (Å²) < 4.78 is 5.46. The number of aromatic nitrogens is 2. The first-order valence-corrected chi connectivity index (χ1v) is 7.87. The standard InChI is InChI=1S/C16H24N4O2/c1-15(2,3)22-14(21)20-8-5-16(11-20)9-12(10-16)19-13-17-6-4-7-18-13/h4,6-7,12H,5,8-11H2,1-3H3,(H,17,18,19). The molecule has 1 saturated heterocycles. The molecule has 0 radical (unpaired) electrons. The molecule has 1 spiro atoms. The first-order valence-electron chi connectivity index (χ1n) is 7.87. The summed E-state index contributed by atoms with van der Waals surface area (Å²) in [5.41, 5.74) is -0.176. The molecule has 0 aromatic carbocycles. The van der Waals surface area contributed by atoms with Crippen LogP contribution in [0, 0.1) is 5.41 Å². The van der Waals surface area contributed by atoms with Crippen molar-refractivity contribution in [2.75, 3.05) is 18.4 Å². The number of amides is 1. The number of nitrogens with one attached hydrogen (secondary N) is 1. The summed E-state index contributed by atoms with van der Waals surface area (Å²) in [6.07, 6.45) is 6.47. The molecule has 1 aromatic heterocycles. The monoisotopic (exact) mass is 304 g/mol. The second-order valence-electron chi connectivity index (χ2n) is 7.47. The second kappa shape index (κ2) is 5.41. The highest BCUT2D eigenvalue weighted by molar-refractivity contribution is 5.68. The third kappa shape index (κ3) is 3.31. The summed E-state index contributed by atoms with van der Waals surface area (Å²) in [5.74, 6) is 0.685. The Balaban J connectivity index is 1.49. The number of hydrogen-bond donors (Lipinski definition) is 1. The molecule has 2 heterocycles. The van der Waals surface area contributed by atoms with E-state index in [0.29, 0.717) is 12.0 Å². The van der Waals surface area contributed by atoms with Crippen molar-refractivity contribution >= 4 is 12.0 Å². The largest absolute Gasteiger partial charge is 0.444 e. The molecule has 2 aliphatic rings. The van der Waals surface area contributed by atoms with E-state index in [1.54, 1.807) is 12.4 Å². The van der Waals surface area contributed by atoms with Gasteiger partial charge in [0.1, 0.15) is 5.60 Å². The average molecular weight is 304 g/mol. The molecule has 0 bridgehead atoms. The number of rotatable bonds is 2. The van der Waals surface area contributed by atoms with E-state index in [-0.39, 0.29) is 11.5 Å². The van der Waals surface area contributed by atoms with Gasteiger partial charge in [0.05, 0.1) is 0 Å². The van der Waals surface area contributed by atoms with Gasteiger partial charge in [-0.05, 0) is 51.5 Å². The van der Waals surface area contributed by atoms with Crippen LogP contribution in [0.4, 0.5) is 10.7 Å². The maximum absolute atomic E-state index is 12.1. The summed E-state index contributed by atoms with van der Waals surface area (Å²) >= 11 is 0. The predicted molar refractivity (Wildman–Crippen MR) is 83.5 cm³/mol. The van der Waals surface area contributed by atoms with Gasteiger partial charge in [-0.1, -0.05) is 0 Å². The van der Waals surface area contributed by atoms with Crippen LogP contribution in [0.5, 0.6) is 0 Å². The Bertz CT molecular complexity index is 535. The minimum absolute atomic E-state index is 0.188. The summed E-state index contributed by atoms with van der Waals surface area (Å²) in [5, 5.41) is 3.35. The molecule has 1 N–H and O–H groups in total. The maximum atomic E-state index is 12.1. The summed E-state index contributed by atoms with van der Waals surface area (Å²) in [4.78, 5) is 22.4. The van der Waals surface area contributed by atoms with Crippen LogP contribution >= 0.6 is 0 Å². The first kappa shape index (κ1) is 15.1. The maximum Gasteiger partial charge on any atom is 0.410 e. The lowest BCUT2D eigenvalue weighted by Crippen LogP contribution is -2.47. The molecule has 6 nitrogen and oxygen atoms in total. The number of ether oxygens (including phenoxy) is 1. The van der Waals surface area contributed by atoms with Crippen molar-refractivity contribution in [2.45, 2.75) is 51.7 Å². The fourth-order valence-electron chi connectivity index (χ4n) is 3.39. The Morgan fingerprint density at radius 3 is 2.68 bits per heavy atom. The zero-order valence-electron chi connectivity index (χ0n) is 13.5.